The molecule has 2 heterocycles. The number of hydrogen-bond donors (Lipinski definition) is 1. The van der Waals surface area contributed by atoms with E-state index in [1.54, 1.807) is 0 Å². The van der Waals surface area contributed by atoms with Crippen LogP contribution in [0, 0.1) is 12.3 Å². The Morgan fingerprint density at radius 1 is 1.24 bits per heavy atom. The molecule has 2 saturated heterocycles. The van der Waals surface area contributed by atoms with Crippen LogP contribution < -0.4 is 10.2 Å². The zero-order valence-electron chi connectivity index (χ0n) is 10.3. The average molecular weight is 295 g/mol. The van der Waals surface area contributed by atoms with Gasteiger partial charge in [0.2, 0.25) is 0 Å². The summed E-state index contributed by atoms with van der Waals surface area (Å²) in [5, 5.41) is 3.45. The van der Waals surface area contributed by atoms with E-state index in [0.29, 0.717) is 5.41 Å². The molecule has 0 unspecified atom stereocenters. The fourth-order valence-electron chi connectivity index (χ4n) is 3.00. The second-order valence-electron chi connectivity index (χ2n) is 5.54. The van der Waals surface area contributed by atoms with E-state index in [2.05, 4.69) is 51.3 Å². The Morgan fingerprint density at radius 2 is 1.94 bits per heavy atom. The van der Waals surface area contributed by atoms with Crippen LogP contribution in [0.25, 0.3) is 0 Å². The zero-order chi connectivity index (χ0) is 11.9. The van der Waals surface area contributed by atoms with Crippen molar-refractivity contribution in [2.24, 2.45) is 5.41 Å². The van der Waals surface area contributed by atoms with Crippen LogP contribution in [0.4, 0.5) is 5.69 Å². The van der Waals surface area contributed by atoms with Gasteiger partial charge in [-0.05, 0) is 50.6 Å². The number of halogens is 1. The fourth-order valence-corrected chi connectivity index (χ4v) is 3.36. The summed E-state index contributed by atoms with van der Waals surface area (Å²) in [5.41, 5.74) is 3.29. The van der Waals surface area contributed by atoms with Crippen molar-refractivity contribution in [3.05, 3.63) is 28.2 Å². The van der Waals surface area contributed by atoms with Gasteiger partial charge in [-0.2, -0.15) is 0 Å². The average Bonchev–Trinajstić information content (AvgIpc) is 2.31. The lowest BCUT2D eigenvalue weighted by Gasteiger charge is -2.53. The molecule has 17 heavy (non-hydrogen) atoms. The highest BCUT2D eigenvalue weighted by Crippen LogP contribution is 2.41. The molecule has 0 aromatic heterocycles. The standard InChI is InChI=1S/C14H19BrN2/c1-11-2-3-12(8-13(11)15)17-9-14(10-17)4-6-16-7-5-14/h2-3,8,16H,4-7,9-10H2,1H3. The summed E-state index contributed by atoms with van der Waals surface area (Å²) in [6.45, 7) is 7.02. The molecular weight excluding hydrogens is 276 g/mol. The van der Waals surface area contributed by atoms with Crippen molar-refractivity contribution in [1.29, 1.82) is 0 Å². The summed E-state index contributed by atoms with van der Waals surface area (Å²) >= 11 is 3.62. The molecule has 3 heteroatoms. The molecule has 0 bridgehead atoms. The summed E-state index contributed by atoms with van der Waals surface area (Å²) < 4.78 is 1.22. The van der Waals surface area contributed by atoms with Crippen molar-refractivity contribution in [2.45, 2.75) is 19.8 Å². The van der Waals surface area contributed by atoms with Crippen molar-refractivity contribution in [3.8, 4) is 0 Å². The third-order valence-electron chi connectivity index (χ3n) is 4.24. The number of aryl methyl sites for hydroxylation is 1. The van der Waals surface area contributed by atoms with E-state index in [-0.39, 0.29) is 0 Å². The molecule has 3 rings (SSSR count). The molecule has 2 aliphatic rings. The number of rotatable bonds is 1. The van der Waals surface area contributed by atoms with Crippen LogP contribution >= 0.6 is 15.9 Å². The Morgan fingerprint density at radius 3 is 2.59 bits per heavy atom. The maximum atomic E-state index is 3.62. The van der Waals surface area contributed by atoms with Gasteiger partial charge >= 0.3 is 0 Å². The smallest absolute Gasteiger partial charge is 0.0378 e. The quantitative estimate of drug-likeness (QED) is 0.857. The molecule has 1 aromatic carbocycles. The van der Waals surface area contributed by atoms with Crippen molar-refractivity contribution >= 4 is 21.6 Å². The minimum absolute atomic E-state index is 0.614. The predicted octanol–water partition coefficient (Wildman–Crippen LogP) is 2.95. The SMILES string of the molecule is Cc1ccc(N2CC3(CCNCC3)C2)cc1Br. The number of benzene rings is 1. The minimum atomic E-state index is 0.614. The van der Waals surface area contributed by atoms with E-state index < -0.39 is 0 Å². The van der Waals surface area contributed by atoms with Crippen molar-refractivity contribution < 1.29 is 0 Å². The lowest BCUT2D eigenvalue weighted by Crippen LogP contribution is -2.60. The van der Waals surface area contributed by atoms with Crippen LogP contribution in [0.2, 0.25) is 0 Å². The number of nitrogens with zero attached hydrogens (tertiary/aromatic N) is 1. The lowest BCUT2D eigenvalue weighted by atomic mass is 9.72. The minimum Gasteiger partial charge on any atom is -0.370 e. The highest BCUT2D eigenvalue weighted by molar-refractivity contribution is 9.10. The lowest BCUT2D eigenvalue weighted by molar-refractivity contribution is 0.150. The summed E-state index contributed by atoms with van der Waals surface area (Å²) in [5.74, 6) is 0. The van der Waals surface area contributed by atoms with Gasteiger partial charge in [-0.15, -0.1) is 0 Å². The first-order valence-corrected chi connectivity index (χ1v) is 7.20. The Kier molecular flexibility index (Phi) is 2.91. The Labute approximate surface area is 112 Å². The van der Waals surface area contributed by atoms with Gasteiger partial charge in [0.15, 0.2) is 0 Å². The molecule has 0 amide bonds. The summed E-state index contributed by atoms with van der Waals surface area (Å²) in [6.07, 6.45) is 2.69. The van der Waals surface area contributed by atoms with E-state index in [9.17, 15) is 0 Å². The largest absolute Gasteiger partial charge is 0.370 e. The molecule has 0 radical (unpaired) electrons. The van der Waals surface area contributed by atoms with Gasteiger partial charge < -0.3 is 10.2 Å². The van der Waals surface area contributed by atoms with Crippen molar-refractivity contribution in [3.63, 3.8) is 0 Å². The van der Waals surface area contributed by atoms with Gasteiger partial charge in [0.25, 0.3) is 0 Å². The van der Waals surface area contributed by atoms with Crippen molar-refractivity contribution in [2.75, 3.05) is 31.1 Å². The summed E-state index contributed by atoms with van der Waals surface area (Å²) in [7, 11) is 0. The third-order valence-corrected chi connectivity index (χ3v) is 5.09. The Hall–Kier alpha value is -0.540. The number of nitrogens with one attached hydrogen (secondary N) is 1. The van der Waals surface area contributed by atoms with Crippen LogP contribution in [-0.4, -0.2) is 26.2 Å². The van der Waals surface area contributed by atoms with Gasteiger partial charge in [0.1, 0.15) is 0 Å². The molecule has 2 nitrogen and oxygen atoms in total. The Bertz CT molecular complexity index is 416. The predicted molar refractivity (Wildman–Crippen MR) is 75.6 cm³/mol. The highest BCUT2D eigenvalue weighted by atomic mass is 79.9. The molecule has 0 saturated carbocycles. The molecule has 92 valence electrons. The third kappa shape index (κ3) is 2.11. The Balaban J connectivity index is 1.70. The second kappa shape index (κ2) is 4.29. The maximum Gasteiger partial charge on any atom is 0.0378 e. The first-order chi connectivity index (χ1) is 8.19. The van der Waals surface area contributed by atoms with Gasteiger partial charge in [-0.3, -0.25) is 0 Å². The van der Waals surface area contributed by atoms with Crippen molar-refractivity contribution in [1.82, 2.24) is 5.32 Å². The maximum absolute atomic E-state index is 3.62. The molecular formula is C14H19BrN2. The van der Waals surface area contributed by atoms with Crippen LogP contribution in [-0.2, 0) is 0 Å². The molecule has 1 N–H and O–H groups in total. The first-order valence-electron chi connectivity index (χ1n) is 6.40. The molecule has 2 fully saturated rings. The van der Waals surface area contributed by atoms with Crippen LogP contribution in [0.1, 0.15) is 18.4 Å². The molecule has 0 aliphatic carbocycles. The fraction of sp³-hybridized carbons (Fsp3) is 0.571. The van der Waals surface area contributed by atoms with E-state index in [1.807, 2.05) is 0 Å². The highest BCUT2D eigenvalue weighted by Gasteiger charge is 2.43. The summed E-state index contributed by atoms with van der Waals surface area (Å²) in [6, 6.07) is 6.70. The van der Waals surface area contributed by atoms with E-state index in [4.69, 9.17) is 0 Å². The van der Waals surface area contributed by atoms with Gasteiger partial charge in [-0.25, -0.2) is 0 Å². The van der Waals surface area contributed by atoms with Gasteiger partial charge in [0.05, 0.1) is 0 Å². The van der Waals surface area contributed by atoms with Crippen LogP contribution in [0.5, 0.6) is 0 Å². The zero-order valence-corrected chi connectivity index (χ0v) is 11.9. The van der Waals surface area contributed by atoms with E-state index in [0.717, 1.165) is 0 Å². The number of anilines is 1. The summed E-state index contributed by atoms with van der Waals surface area (Å²) in [4.78, 5) is 2.51. The van der Waals surface area contributed by atoms with Gasteiger partial charge in [-0.1, -0.05) is 22.0 Å². The topological polar surface area (TPSA) is 15.3 Å². The van der Waals surface area contributed by atoms with Crippen LogP contribution in [0.15, 0.2) is 22.7 Å². The first kappa shape index (κ1) is 11.5. The second-order valence-corrected chi connectivity index (χ2v) is 6.39. The molecule has 1 spiro atoms. The van der Waals surface area contributed by atoms with E-state index in [1.165, 1.54) is 54.7 Å². The van der Waals surface area contributed by atoms with Crippen LogP contribution in [0.3, 0.4) is 0 Å². The number of piperidine rings is 1. The van der Waals surface area contributed by atoms with E-state index >= 15 is 0 Å². The normalized spacial score (nSPS) is 22.6. The molecule has 0 atom stereocenters. The molecule has 1 aromatic rings. The molecule has 2 aliphatic heterocycles. The monoisotopic (exact) mass is 294 g/mol. The number of hydrogen-bond acceptors (Lipinski definition) is 2. The van der Waals surface area contributed by atoms with Gasteiger partial charge in [0, 0.05) is 28.7 Å².